The molecule has 1 atom stereocenters. The van der Waals surface area contributed by atoms with E-state index in [1.807, 2.05) is 17.0 Å². The Bertz CT molecular complexity index is 928. The standard InChI is InChI=1S/C24H29ClN2O4S/c1-30-13-2-11-26(24(29)17-3-4-17)15-23(28)27-12-9-22-20(10-14-32-22)21(27)16-31-19-7-5-18(25)6-8-19/h5-8,10,14,17,21H,2-4,9,11-13,15-16H2,1H3/t21-/m0/s1. The number of fused-ring (bicyclic) bond motifs is 1. The number of hydrogen-bond acceptors (Lipinski definition) is 5. The minimum Gasteiger partial charge on any atom is -0.491 e. The quantitative estimate of drug-likeness (QED) is 0.483. The van der Waals surface area contributed by atoms with Crippen molar-refractivity contribution in [3.8, 4) is 5.75 Å². The molecule has 0 unspecified atom stereocenters. The fourth-order valence-corrected chi connectivity index (χ4v) is 5.14. The summed E-state index contributed by atoms with van der Waals surface area (Å²) in [6.07, 6.45) is 3.40. The van der Waals surface area contributed by atoms with Gasteiger partial charge in [0.2, 0.25) is 11.8 Å². The molecular formula is C24H29ClN2O4S. The fourth-order valence-electron chi connectivity index (χ4n) is 4.09. The maximum Gasteiger partial charge on any atom is 0.242 e. The summed E-state index contributed by atoms with van der Waals surface area (Å²) in [5.41, 5.74) is 1.14. The molecule has 1 fully saturated rings. The number of hydrogen-bond donors (Lipinski definition) is 0. The Balaban J connectivity index is 1.46. The molecule has 172 valence electrons. The summed E-state index contributed by atoms with van der Waals surface area (Å²) in [6.45, 7) is 2.21. The summed E-state index contributed by atoms with van der Waals surface area (Å²) in [5, 5.41) is 2.72. The number of ether oxygens (including phenoxy) is 2. The Hall–Kier alpha value is -2.09. The first-order chi connectivity index (χ1) is 15.6. The van der Waals surface area contributed by atoms with Crippen LogP contribution in [-0.2, 0) is 20.7 Å². The average Bonchev–Trinajstić information content (AvgIpc) is 3.54. The van der Waals surface area contributed by atoms with Crippen LogP contribution >= 0.6 is 22.9 Å². The maximum atomic E-state index is 13.4. The topological polar surface area (TPSA) is 59.1 Å². The van der Waals surface area contributed by atoms with Gasteiger partial charge >= 0.3 is 0 Å². The second-order valence-electron chi connectivity index (χ2n) is 8.30. The van der Waals surface area contributed by atoms with Crippen LogP contribution in [0.1, 0.15) is 35.7 Å². The van der Waals surface area contributed by atoms with E-state index < -0.39 is 0 Å². The van der Waals surface area contributed by atoms with Crippen molar-refractivity contribution in [2.75, 3.05) is 40.0 Å². The van der Waals surface area contributed by atoms with Gasteiger partial charge in [-0.3, -0.25) is 9.59 Å². The minimum absolute atomic E-state index is 0.0297. The second-order valence-corrected chi connectivity index (χ2v) is 9.73. The van der Waals surface area contributed by atoms with Crippen LogP contribution in [0.15, 0.2) is 35.7 Å². The monoisotopic (exact) mass is 476 g/mol. The van der Waals surface area contributed by atoms with Crippen molar-refractivity contribution in [2.45, 2.75) is 31.7 Å². The predicted octanol–water partition coefficient (Wildman–Crippen LogP) is 4.18. The van der Waals surface area contributed by atoms with Gasteiger partial charge in [-0.15, -0.1) is 11.3 Å². The Morgan fingerprint density at radius 1 is 1.22 bits per heavy atom. The number of nitrogens with zero attached hydrogens (tertiary/aromatic N) is 2. The van der Waals surface area contributed by atoms with E-state index in [-0.39, 0.29) is 30.3 Å². The van der Waals surface area contributed by atoms with Crippen molar-refractivity contribution in [3.05, 3.63) is 51.2 Å². The third kappa shape index (κ3) is 5.63. The lowest BCUT2D eigenvalue weighted by Crippen LogP contribution is -2.48. The second kappa shape index (κ2) is 10.7. The molecular weight excluding hydrogens is 448 g/mol. The van der Waals surface area contributed by atoms with Crippen LogP contribution in [-0.4, -0.2) is 61.6 Å². The van der Waals surface area contributed by atoms with Crippen LogP contribution in [0, 0.1) is 5.92 Å². The highest BCUT2D eigenvalue weighted by atomic mass is 35.5. The van der Waals surface area contributed by atoms with Gasteiger partial charge in [-0.1, -0.05) is 11.6 Å². The third-order valence-corrected chi connectivity index (χ3v) is 7.23. The number of halogens is 1. The zero-order valence-electron chi connectivity index (χ0n) is 18.3. The maximum absolute atomic E-state index is 13.4. The molecule has 0 radical (unpaired) electrons. The molecule has 32 heavy (non-hydrogen) atoms. The average molecular weight is 477 g/mol. The molecule has 8 heteroatoms. The largest absolute Gasteiger partial charge is 0.491 e. The Morgan fingerprint density at radius 3 is 2.72 bits per heavy atom. The van der Waals surface area contributed by atoms with E-state index in [2.05, 4.69) is 11.4 Å². The molecule has 1 saturated carbocycles. The van der Waals surface area contributed by atoms with Crippen molar-refractivity contribution in [2.24, 2.45) is 5.92 Å². The van der Waals surface area contributed by atoms with Gasteiger partial charge < -0.3 is 19.3 Å². The Kier molecular flexibility index (Phi) is 7.71. The van der Waals surface area contributed by atoms with E-state index in [9.17, 15) is 9.59 Å². The fraction of sp³-hybridized carbons (Fsp3) is 0.500. The van der Waals surface area contributed by atoms with Crippen LogP contribution in [0.2, 0.25) is 5.02 Å². The van der Waals surface area contributed by atoms with Crippen molar-refractivity contribution in [1.29, 1.82) is 0 Å². The number of benzene rings is 1. The van der Waals surface area contributed by atoms with Crippen LogP contribution in [0.4, 0.5) is 0 Å². The number of methoxy groups -OCH3 is 1. The molecule has 1 aliphatic heterocycles. The highest BCUT2D eigenvalue weighted by molar-refractivity contribution is 7.10. The number of thiophene rings is 1. The molecule has 1 aliphatic carbocycles. The molecule has 2 aromatic rings. The molecule has 1 aromatic heterocycles. The molecule has 0 saturated heterocycles. The van der Waals surface area contributed by atoms with Crippen LogP contribution in [0.3, 0.4) is 0 Å². The lowest BCUT2D eigenvalue weighted by Gasteiger charge is -2.37. The molecule has 0 bridgehead atoms. The van der Waals surface area contributed by atoms with Gasteiger partial charge in [0.25, 0.3) is 0 Å². The van der Waals surface area contributed by atoms with Crippen molar-refractivity contribution in [3.63, 3.8) is 0 Å². The molecule has 6 nitrogen and oxygen atoms in total. The summed E-state index contributed by atoms with van der Waals surface area (Å²) in [5.74, 6) is 0.864. The van der Waals surface area contributed by atoms with Gasteiger partial charge in [0.15, 0.2) is 0 Å². The van der Waals surface area contributed by atoms with Crippen LogP contribution < -0.4 is 4.74 Å². The highest BCUT2D eigenvalue weighted by Gasteiger charge is 2.37. The molecule has 0 N–H and O–H groups in total. The van der Waals surface area contributed by atoms with E-state index in [1.165, 1.54) is 4.88 Å². The molecule has 2 amide bonds. The predicted molar refractivity (Wildman–Crippen MR) is 125 cm³/mol. The van der Waals surface area contributed by atoms with Gasteiger partial charge in [-0.25, -0.2) is 0 Å². The summed E-state index contributed by atoms with van der Waals surface area (Å²) >= 11 is 7.70. The highest BCUT2D eigenvalue weighted by Crippen LogP contribution is 2.35. The molecule has 2 heterocycles. The zero-order valence-corrected chi connectivity index (χ0v) is 19.9. The van der Waals surface area contributed by atoms with Crippen LogP contribution in [0.5, 0.6) is 5.75 Å². The van der Waals surface area contributed by atoms with Gasteiger partial charge in [-0.05, 0) is 67.0 Å². The van der Waals surface area contributed by atoms with Crippen molar-refractivity contribution in [1.82, 2.24) is 9.80 Å². The van der Waals surface area contributed by atoms with E-state index in [1.54, 1.807) is 35.5 Å². The normalized spacial score (nSPS) is 17.7. The van der Waals surface area contributed by atoms with Crippen molar-refractivity contribution < 1.29 is 19.1 Å². The number of carbonyl (C=O) groups excluding carboxylic acids is 2. The summed E-state index contributed by atoms with van der Waals surface area (Å²) in [4.78, 5) is 31.1. The minimum atomic E-state index is -0.176. The SMILES string of the molecule is COCCCN(CC(=O)N1CCc2sccc2[C@@H]1COc1ccc(Cl)cc1)C(=O)C1CC1. The van der Waals surface area contributed by atoms with Crippen LogP contribution in [0.25, 0.3) is 0 Å². The van der Waals surface area contributed by atoms with Gasteiger partial charge in [0, 0.05) is 42.6 Å². The lowest BCUT2D eigenvalue weighted by molar-refractivity contribution is -0.143. The Labute approximate surface area is 198 Å². The third-order valence-electron chi connectivity index (χ3n) is 5.98. The first-order valence-electron chi connectivity index (χ1n) is 11.1. The molecule has 0 spiro atoms. The number of amides is 2. The summed E-state index contributed by atoms with van der Waals surface area (Å²) in [7, 11) is 1.65. The smallest absolute Gasteiger partial charge is 0.242 e. The van der Waals surface area contributed by atoms with E-state index in [0.717, 1.165) is 31.2 Å². The first kappa shape index (κ1) is 23.1. The molecule has 2 aliphatic rings. The van der Waals surface area contributed by atoms with E-state index in [0.29, 0.717) is 37.1 Å². The Morgan fingerprint density at radius 2 is 2.00 bits per heavy atom. The van der Waals surface area contributed by atoms with Gasteiger partial charge in [0.05, 0.1) is 12.6 Å². The zero-order chi connectivity index (χ0) is 22.5. The molecule has 4 rings (SSSR count). The number of carbonyl (C=O) groups is 2. The first-order valence-corrected chi connectivity index (χ1v) is 12.3. The van der Waals surface area contributed by atoms with E-state index in [4.69, 9.17) is 21.1 Å². The van der Waals surface area contributed by atoms with Crippen molar-refractivity contribution >= 4 is 34.8 Å². The van der Waals surface area contributed by atoms with Gasteiger partial charge in [0.1, 0.15) is 12.4 Å². The summed E-state index contributed by atoms with van der Waals surface area (Å²) in [6, 6.07) is 9.15. The van der Waals surface area contributed by atoms with Gasteiger partial charge in [-0.2, -0.15) is 0 Å². The number of rotatable bonds is 10. The summed E-state index contributed by atoms with van der Waals surface area (Å²) < 4.78 is 11.2. The van der Waals surface area contributed by atoms with E-state index >= 15 is 0 Å². The lowest BCUT2D eigenvalue weighted by atomic mass is 10.0. The molecule has 1 aromatic carbocycles.